The van der Waals surface area contributed by atoms with Crippen LogP contribution in [0, 0.1) is 6.92 Å². The number of nitrogens with one attached hydrogen (secondary N) is 1. The number of oxime groups is 1. The normalized spacial score (nSPS) is 10.8. The van der Waals surface area contributed by atoms with Crippen LogP contribution >= 0.6 is 0 Å². The van der Waals surface area contributed by atoms with E-state index in [1.54, 1.807) is 13.2 Å². The minimum atomic E-state index is -0.272. The number of carbonyl (C=O) groups excluding carboxylic acids is 1. The summed E-state index contributed by atoms with van der Waals surface area (Å²) >= 11 is 0. The molecule has 0 aliphatic rings. The Morgan fingerprint density at radius 2 is 2.00 bits per heavy atom. The monoisotopic (exact) mass is 356 g/mol. The smallest absolute Gasteiger partial charge is 0.265 e. The fourth-order valence-electron chi connectivity index (χ4n) is 2.23. The molecule has 0 bridgehead atoms. The van der Waals surface area contributed by atoms with Crippen molar-refractivity contribution in [3.05, 3.63) is 53.6 Å². The number of carbonyl (C=O) groups is 1. The van der Waals surface area contributed by atoms with Crippen molar-refractivity contribution in [2.45, 2.75) is 26.9 Å². The van der Waals surface area contributed by atoms with Crippen molar-refractivity contribution in [1.29, 1.82) is 0 Å². The number of aryl methyl sites for hydroxylation is 1. The Kier molecular flexibility index (Phi) is 7.02. The van der Waals surface area contributed by atoms with Gasteiger partial charge in [0.1, 0.15) is 0 Å². The van der Waals surface area contributed by atoms with Crippen molar-refractivity contribution in [3.63, 3.8) is 0 Å². The van der Waals surface area contributed by atoms with Crippen molar-refractivity contribution in [3.8, 4) is 11.5 Å². The molecule has 1 amide bonds. The molecule has 0 heterocycles. The lowest BCUT2D eigenvalue weighted by Crippen LogP contribution is -2.16. The van der Waals surface area contributed by atoms with Crippen molar-refractivity contribution < 1.29 is 19.1 Å². The van der Waals surface area contributed by atoms with Gasteiger partial charge in [0, 0.05) is 11.3 Å². The molecule has 0 saturated carbocycles. The average molecular weight is 356 g/mol. The van der Waals surface area contributed by atoms with Crippen molar-refractivity contribution in [2.24, 2.45) is 5.16 Å². The fourth-order valence-corrected chi connectivity index (χ4v) is 2.23. The van der Waals surface area contributed by atoms with Crippen LogP contribution in [-0.4, -0.2) is 31.9 Å². The largest absolute Gasteiger partial charge is 0.493 e. The van der Waals surface area contributed by atoms with E-state index in [9.17, 15) is 4.79 Å². The Hall–Kier alpha value is -3.02. The van der Waals surface area contributed by atoms with Gasteiger partial charge in [-0.25, -0.2) is 0 Å². The van der Waals surface area contributed by atoms with Gasteiger partial charge in [-0.1, -0.05) is 17.3 Å². The second-order valence-corrected chi connectivity index (χ2v) is 6.00. The molecule has 0 atom stereocenters. The first-order valence-corrected chi connectivity index (χ1v) is 8.34. The van der Waals surface area contributed by atoms with Crippen LogP contribution in [0.3, 0.4) is 0 Å². The third kappa shape index (κ3) is 6.12. The van der Waals surface area contributed by atoms with Crippen molar-refractivity contribution in [1.82, 2.24) is 0 Å². The topological polar surface area (TPSA) is 69.2 Å². The predicted octanol–water partition coefficient (Wildman–Crippen LogP) is 3.78. The van der Waals surface area contributed by atoms with Gasteiger partial charge in [0.2, 0.25) is 0 Å². The van der Waals surface area contributed by atoms with Crippen molar-refractivity contribution >= 4 is 17.8 Å². The summed E-state index contributed by atoms with van der Waals surface area (Å²) in [5.74, 6) is 1.00. The molecule has 0 saturated heterocycles. The van der Waals surface area contributed by atoms with E-state index < -0.39 is 0 Å². The highest BCUT2D eigenvalue weighted by molar-refractivity contribution is 5.91. The van der Waals surface area contributed by atoms with Crippen molar-refractivity contribution in [2.75, 3.05) is 19.0 Å². The number of nitrogens with zero attached hydrogens (tertiary/aromatic N) is 1. The Morgan fingerprint density at radius 1 is 1.19 bits per heavy atom. The van der Waals surface area contributed by atoms with Gasteiger partial charge in [-0.05, 0) is 56.7 Å². The number of hydrogen-bond acceptors (Lipinski definition) is 5. The number of hydrogen-bond donors (Lipinski definition) is 1. The molecule has 0 aliphatic heterocycles. The molecule has 2 rings (SSSR count). The van der Waals surface area contributed by atoms with E-state index in [0.717, 1.165) is 16.8 Å². The van der Waals surface area contributed by atoms with E-state index in [4.69, 9.17) is 14.3 Å². The number of methoxy groups -OCH3 is 1. The minimum Gasteiger partial charge on any atom is -0.493 e. The molecule has 0 aromatic heterocycles. The quantitative estimate of drug-likeness (QED) is 0.577. The number of benzene rings is 2. The van der Waals surface area contributed by atoms with E-state index in [1.807, 2.05) is 57.2 Å². The summed E-state index contributed by atoms with van der Waals surface area (Å²) in [5, 5.41) is 6.58. The zero-order valence-electron chi connectivity index (χ0n) is 15.5. The second kappa shape index (κ2) is 9.46. The Bertz CT molecular complexity index is 772. The van der Waals surface area contributed by atoms with Crippen LogP contribution in [0.2, 0.25) is 0 Å². The third-order valence-electron chi connectivity index (χ3n) is 3.32. The Balaban J connectivity index is 1.87. The molecule has 0 spiro atoms. The summed E-state index contributed by atoms with van der Waals surface area (Å²) in [6.45, 7) is 5.69. The maximum atomic E-state index is 11.8. The SMILES string of the molecule is COc1cc(/C=N\OCC(=O)Nc2cccc(C)c2)ccc1OC(C)C. The molecule has 1 N–H and O–H groups in total. The zero-order valence-corrected chi connectivity index (χ0v) is 15.5. The van der Waals surface area contributed by atoms with Crippen LogP contribution in [0.25, 0.3) is 0 Å². The molecular formula is C20H24N2O4. The molecule has 0 fully saturated rings. The van der Waals surface area contributed by atoms with Gasteiger partial charge in [-0.15, -0.1) is 0 Å². The number of amides is 1. The standard InChI is InChI=1S/C20H24N2O4/c1-14(2)26-18-9-8-16(11-19(18)24-4)12-21-25-13-20(23)22-17-7-5-6-15(3)10-17/h5-12,14H,13H2,1-4H3,(H,22,23)/b21-12-. The summed E-state index contributed by atoms with van der Waals surface area (Å²) in [6, 6.07) is 13.0. The molecule has 138 valence electrons. The highest BCUT2D eigenvalue weighted by Crippen LogP contribution is 2.28. The van der Waals surface area contributed by atoms with Gasteiger partial charge in [-0.3, -0.25) is 4.79 Å². The maximum Gasteiger partial charge on any atom is 0.265 e. The van der Waals surface area contributed by atoms with Crippen LogP contribution in [-0.2, 0) is 9.63 Å². The Morgan fingerprint density at radius 3 is 2.69 bits per heavy atom. The first-order chi connectivity index (χ1) is 12.5. The molecule has 2 aromatic carbocycles. The molecular weight excluding hydrogens is 332 g/mol. The lowest BCUT2D eigenvalue weighted by molar-refractivity contribution is -0.120. The lowest BCUT2D eigenvalue weighted by atomic mass is 10.2. The van der Waals surface area contributed by atoms with Gasteiger partial charge < -0.3 is 19.6 Å². The molecule has 0 aliphatic carbocycles. The maximum absolute atomic E-state index is 11.8. The predicted molar refractivity (Wildman–Crippen MR) is 102 cm³/mol. The Labute approximate surface area is 153 Å². The number of anilines is 1. The molecule has 2 aromatic rings. The molecule has 0 unspecified atom stereocenters. The highest BCUT2D eigenvalue weighted by atomic mass is 16.6. The third-order valence-corrected chi connectivity index (χ3v) is 3.32. The van der Waals surface area contributed by atoms with Crippen LogP contribution < -0.4 is 14.8 Å². The number of ether oxygens (including phenoxy) is 2. The second-order valence-electron chi connectivity index (χ2n) is 6.00. The van der Waals surface area contributed by atoms with Gasteiger partial charge in [0.25, 0.3) is 5.91 Å². The van der Waals surface area contributed by atoms with Gasteiger partial charge in [-0.2, -0.15) is 0 Å². The van der Waals surface area contributed by atoms with E-state index in [0.29, 0.717) is 11.5 Å². The fraction of sp³-hybridized carbons (Fsp3) is 0.300. The summed E-state index contributed by atoms with van der Waals surface area (Å²) in [6.07, 6.45) is 1.57. The van der Waals surface area contributed by atoms with E-state index in [2.05, 4.69) is 10.5 Å². The molecule has 26 heavy (non-hydrogen) atoms. The first kappa shape index (κ1) is 19.3. The molecule has 0 radical (unpaired) electrons. The van der Waals surface area contributed by atoms with Gasteiger partial charge in [0.05, 0.1) is 19.4 Å². The van der Waals surface area contributed by atoms with Crippen LogP contribution in [0.5, 0.6) is 11.5 Å². The summed E-state index contributed by atoms with van der Waals surface area (Å²) in [7, 11) is 1.58. The van der Waals surface area contributed by atoms with Crippen LogP contribution in [0.1, 0.15) is 25.0 Å². The molecule has 6 heteroatoms. The van der Waals surface area contributed by atoms with Crippen LogP contribution in [0.4, 0.5) is 5.69 Å². The summed E-state index contributed by atoms with van der Waals surface area (Å²) < 4.78 is 11.0. The van der Waals surface area contributed by atoms with E-state index in [-0.39, 0.29) is 18.6 Å². The van der Waals surface area contributed by atoms with Gasteiger partial charge >= 0.3 is 0 Å². The first-order valence-electron chi connectivity index (χ1n) is 8.34. The van der Waals surface area contributed by atoms with E-state index in [1.165, 1.54) is 6.21 Å². The lowest BCUT2D eigenvalue weighted by Gasteiger charge is -2.13. The number of rotatable bonds is 8. The van der Waals surface area contributed by atoms with Crippen LogP contribution in [0.15, 0.2) is 47.6 Å². The minimum absolute atomic E-state index is 0.0543. The average Bonchev–Trinajstić information content (AvgIpc) is 2.59. The summed E-state index contributed by atoms with van der Waals surface area (Å²) in [4.78, 5) is 16.9. The van der Waals surface area contributed by atoms with E-state index >= 15 is 0 Å². The highest BCUT2D eigenvalue weighted by Gasteiger charge is 2.07. The molecule has 6 nitrogen and oxygen atoms in total. The van der Waals surface area contributed by atoms with Gasteiger partial charge in [0.15, 0.2) is 18.1 Å². The zero-order chi connectivity index (χ0) is 18.9. The summed E-state index contributed by atoms with van der Waals surface area (Å²) in [5.41, 5.74) is 2.57.